The molecule has 0 bridgehead atoms. The molecule has 0 atom stereocenters. The fourth-order valence-corrected chi connectivity index (χ4v) is 12.1. The maximum atomic E-state index is 2.49. The summed E-state index contributed by atoms with van der Waals surface area (Å²) in [6, 6.07) is 2.30. The van der Waals surface area contributed by atoms with Gasteiger partial charge in [0.2, 0.25) is 0 Å². The molecule has 0 aliphatic heterocycles. The van der Waals surface area contributed by atoms with Gasteiger partial charge in [-0.2, -0.15) is 11.3 Å². The zero-order chi connectivity index (χ0) is 14.0. The molecule has 5 heteroatoms. The van der Waals surface area contributed by atoms with Crippen LogP contribution in [0, 0.1) is 0 Å². The SMILES string of the molecule is C[Si](C)(C)c1sc([Si](C)(C)C)c2c1sc1ccsc12. The quantitative estimate of drug-likeness (QED) is 0.558. The highest BCUT2D eigenvalue weighted by Gasteiger charge is 2.31. The van der Waals surface area contributed by atoms with Gasteiger partial charge in [-0.15, -0.1) is 22.7 Å². The van der Waals surface area contributed by atoms with Crippen LogP contribution in [0.25, 0.3) is 19.5 Å². The first kappa shape index (κ1) is 14.0. The zero-order valence-electron chi connectivity index (χ0n) is 12.4. The van der Waals surface area contributed by atoms with Crippen LogP contribution < -0.4 is 9.00 Å². The van der Waals surface area contributed by atoms with Crippen molar-refractivity contribution in [2.45, 2.75) is 39.3 Å². The summed E-state index contributed by atoms with van der Waals surface area (Å²) in [5.41, 5.74) is 0. The van der Waals surface area contributed by atoms with E-state index >= 15 is 0 Å². The van der Waals surface area contributed by atoms with E-state index in [9.17, 15) is 0 Å². The molecule has 3 heterocycles. The Morgan fingerprint density at radius 2 is 1.42 bits per heavy atom. The van der Waals surface area contributed by atoms with Crippen LogP contribution in [0.15, 0.2) is 11.4 Å². The second-order valence-corrected chi connectivity index (χ2v) is 20.9. The summed E-state index contributed by atoms with van der Waals surface area (Å²) < 4.78 is 8.14. The van der Waals surface area contributed by atoms with Crippen molar-refractivity contribution in [1.82, 2.24) is 0 Å². The Balaban J connectivity index is 2.48. The molecule has 0 aromatic carbocycles. The molecule has 0 aliphatic carbocycles. The second-order valence-electron chi connectivity index (χ2n) is 7.18. The number of hydrogen-bond donors (Lipinski definition) is 0. The Labute approximate surface area is 129 Å². The van der Waals surface area contributed by atoms with Gasteiger partial charge >= 0.3 is 0 Å². The summed E-state index contributed by atoms with van der Waals surface area (Å²) in [4.78, 5) is 0. The lowest BCUT2D eigenvalue weighted by Crippen LogP contribution is -2.38. The predicted octanol–water partition coefficient (Wildman–Crippen LogP) is 5.27. The fourth-order valence-electron chi connectivity index (χ4n) is 2.41. The van der Waals surface area contributed by atoms with Gasteiger partial charge in [0.25, 0.3) is 0 Å². The van der Waals surface area contributed by atoms with Gasteiger partial charge in [-0.3, -0.25) is 0 Å². The third-order valence-electron chi connectivity index (χ3n) is 3.30. The van der Waals surface area contributed by atoms with Crippen molar-refractivity contribution in [3.05, 3.63) is 11.4 Å². The van der Waals surface area contributed by atoms with Crippen molar-refractivity contribution in [2.75, 3.05) is 0 Å². The number of hydrogen-bond acceptors (Lipinski definition) is 3. The highest BCUT2D eigenvalue weighted by Crippen LogP contribution is 2.39. The molecule has 0 amide bonds. The molecule has 102 valence electrons. The van der Waals surface area contributed by atoms with Crippen LogP contribution in [0.3, 0.4) is 0 Å². The van der Waals surface area contributed by atoms with Gasteiger partial charge in [0.05, 0.1) is 20.8 Å². The van der Waals surface area contributed by atoms with Gasteiger partial charge in [-0.05, 0) is 15.9 Å². The van der Waals surface area contributed by atoms with Crippen molar-refractivity contribution in [3.8, 4) is 0 Å². The standard InChI is InChI=1S/C14H20S3Si2/c1-18(2,3)13-10-11-9(7-8-15-11)16-12(10)14(17-13)19(4,5)6/h7-8H,1-6H3. The monoisotopic (exact) mass is 340 g/mol. The van der Waals surface area contributed by atoms with E-state index in [4.69, 9.17) is 0 Å². The van der Waals surface area contributed by atoms with E-state index in [2.05, 4.69) is 62.1 Å². The van der Waals surface area contributed by atoms with E-state index < -0.39 is 16.1 Å². The van der Waals surface area contributed by atoms with Crippen molar-refractivity contribution in [3.63, 3.8) is 0 Å². The lowest BCUT2D eigenvalue weighted by molar-refractivity contribution is 1.81. The molecule has 19 heavy (non-hydrogen) atoms. The van der Waals surface area contributed by atoms with Crippen LogP contribution in [-0.4, -0.2) is 16.1 Å². The highest BCUT2D eigenvalue weighted by atomic mass is 32.1. The molecule has 0 spiro atoms. The van der Waals surface area contributed by atoms with E-state index in [0.29, 0.717) is 0 Å². The third-order valence-corrected chi connectivity index (χ3v) is 14.2. The summed E-state index contributed by atoms with van der Waals surface area (Å²) in [7, 11) is -2.49. The third kappa shape index (κ3) is 2.19. The fraction of sp³-hybridized carbons (Fsp3) is 0.429. The summed E-state index contributed by atoms with van der Waals surface area (Å²) in [5.74, 6) is 0. The highest BCUT2D eigenvalue weighted by molar-refractivity contribution is 7.44. The summed E-state index contributed by atoms with van der Waals surface area (Å²) >= 11 is 6.12. The normalized spacial score (nSPS) is 13.8. The van der Waals surface area contributed by atoms with E-state index in [1.165, 1.54) is 4.70 Å². The van der Waals surface area contributed by atoms with Gasteiger partial charge in [0, 0.05) is 19.3 Å². The molecule has 3 rings (SSSR count). The van der Waals surface area contributed by atoms with Crippen molar-refractivity contribution >= 4 is 78.6 Å². The molecule has 0 aliphatic rings. The molecule has 3 aromatic heterocycles. The maximum absolute atomic E-state index is 2.49. The molecule has 0 radical (unpaired) electrons. The predicted molar refractivity (Wildman–Crippen MR) is 101 cm³/mol. The summed E-state index contributed by atoms with van der Waals surface area (Å²) in [6.45, 7) is 14.9. The largest absolute Gasteiger partial charge is 0.153 e. The van der Waals surface area contributed by atoms with Gasteiger partial charge in [0.1, 0.15) is 0 Å². The molecule has 0 nitrogen and oxygen atoms in total. The van der Waals surface area contributed by atoms with E-state index in [1.54, 1.807) is 23.8 Å². The van der Waals surface area contributed by atoms with Crippen LogP contribution >= 0.6 is 34.0 Å². The maximum Gasteiger partial charge on any atom is 0.0923 e. The minimum absolute atomic E-state index is 1.24. The van der Waals surface area contributed by atoms with Crippen molar-refractivity contribution in [1.29, 1.82) is 0 Å². The van der Waals surface area contributed by atoms with E-state index in [-0.39, 0.29) is 0 Å². The molecular weight excluding hydrogens is 321 g/mol. The Kier molecular flexibility index (Phi) is 3.15. The molecule has 0 fully saturated rings. The smallest absolute Gasteiger partial charge is 0.0923 e. The van der Waals surface area contributed by atoms with Crippen molar-refractivity contribution < 1.29 is 0 Å². The van der Waals surface area contributed by atoms with Crippen molar-refractivity contribution in [2.24, 2.45) is 0 Å². The number of rotatable bonds is 2. The van der Waals surface area contributed by atoms with Gasteiger partial charge < -0.3 is 0 Å². The number of fused-ring (bicyclic) bond motifs is 3. The first-order chi connectivity index (χ1) is 8.69. The molecular formula is C14H20S3Si2. The zero-order valence-corrected chi connectivity index (χ0v) is 16.8. The lowest BCUT2D eigenvalue weighted by atomic mass is 10.4. The van der Waals surface area contributed by atoms with Crippen LogP contribution in [-0.2, 0) is 0 Å². The first-order valence-electron chi connectivity index (χ1n) is 6.63. The Bertz CT molecular complexity index is 747. The van der Waals surface area contributed by atoms with Crippen LogP contribution in [0.5, 0.6) is 0 Å². The Morgan fingerprint density at radius 1 is 0.789 bits per heavy atom. The van der Waals surface area contributed by atoms with Crippen LogP contribution in [0.1, 0.15) is 0 Å². The van der Waals surface area contributed by atoms with Crippen LogP contribution in [0.4, 0.5) is 0 Å². The average molecular weight is 341 g/mol. The molecule has 0 N–H and O–H groups in total. The topological polar surface area (TPSA) is 0 Å². The Morgan fingerprint density at radius 3 is 2.00 bits per heavy atom. The number of thiophene rings is 3. The summed E-state index contributed by atoms with van der Waals surface area (Å²) in [6.07, 6.45) is 0. The first-order valence-corrected chi connectivity index (χ1v) is 16.1. The van der Waals surface area contributed by atoms with Gasteiger partial charge in [-0.1, -0.05) is 39.3 Å². The minimum Gasteiger partial charge on any atom is -0.153 e. The van der Waals surface area contributed by atoms with Gasteiger partial charge in [-0.25, -0.2) is 0 Å². The van der Waals surface area contributed by atoms with E-state index in [1.807, 2.05) is 22.7 Å². The summed E-state index contributed by atoms with van der Waals surface area (Å²) in [5, 5.41) is 3.89. The second kappa shape index (κ2) is 4.27. The van der Waals surface area contributed by atoms with Crippen LogP contribution in [0.2, 0.25) is 39.3 Å². The van der Waals surface area contributed by atoms with E-state index in [0.717, 1.165) is 0 Å². The van der Waals surface area contributed by atoms with Gasteiger partial charge in [0.15, 0.2) is 0 Å². The molecule has 3 aromatic rings. The molecule has 0 saturated heterocycles. The average Bonchev–Trinajstić information content (AvgIpc) is 2.80. The minimum atomic E-state index is -1.26. The molecule has 0 unspecified atom stereocenters. The lowest BCUT2D eigenvalue weighted by Gasteiger charge is -2.16. The molecule has 0 saturated carbocycles. The Hall–Kier alpha value is 0.0538.